The van der Waals surface area contributed by atoms with Crippen molar-refractivity contribution in [1.82, 2.24) is 5.43 Å². The Morgan fingerprint density at radius 3 is 2.46 bits per heavy atom. The summed E-state index contributed by atoms with van der Waals surface area (Å²) in [6.07, 6.45) is 2.91. The van der Waals surface area contributed by atoms with Crippen LogP contribution in [0.4, 0.5) is 0 Å². The van der Waals surface area contributed by atoms with Gasteiger partial charge in [0.2, 0.25) is 0 Å². The lowest BCUT2D eigenvalue weighted by molar-refractivity contribution is -0.123. The molecule has 0 aliphatic carbocycles. The van der Waals surface area contributed by atoms with Crippen molar-refractivity contribution < 1.29 is 9.53 Å². The summed E-state index contributed by atoms with van der Waals surface area (Å²) in [6, 6.07) is 15.9. The van der Waals surface area contributed by atoms with E-state index in [2.05, 4.69) is 54.2 Å². The third-order valence-corrected chi connectivity index (χ3v) is 4.97. The van der Waals surface area contributed by atoms with E-state index in [0.29, 0.717) is 5.75 Å². The minimum absolute atomic E-state index is 0.0550. The topological polar surface area (TPSA) is 50.7 Å². The molecule has 0 aliphatic rings. The molecule has 0 heterocycles. The van der Waals surface area contributed by atoms with Crippen LogP contribution in [0.25, 0.3) is 0 Å². The maximum Gasteiger partial charge on any atom is 0.277 e. The fraction of sp³-hybridized carbons (Fsp3) is 0.391. The van der Waals surface area contributed by atoms with Gasteiger partial charge in [0.25, 0.3) is 5.91 Å². The number of halogens is 1. The van der Waals surface area contributed by atoms with Gasteiger partial charge in [-0.25, -0.2) is 5.43 Å². The lowest BCUT2D eigenvalue weighted by atomic mass is 9.87. The molecule has 150 valence electrons. The summed E-state index contributed by atoms with van der Waals surface area (Å²) < 4.78 is 6.49. The predicted octanol–water partition coefficient (Wildman–Crippen LogP) is 5.84. The number of unbranched alkanes of at least 4 members (excludes halogenated alkanes) is 1. The highest BCUT2D eigenvalue weighted by Gasteiger charge is 2.15. The Morgan fingerprint density at radius 2 is 1.86 bits per heavy atom. The highest BCUT2D eigenvalue weighted by molar-refractivity contribution is 9.10. The number of hydrazone groups is 1. The van der Waals surface area contributed by atoms with Crippen LogP contribution in [-0.4, -0.2) is 18.2 Å². The Morgan fingerprint density at radius 1 is 1.14 bits per heavy atom. The molecule has 1 amide bonds. The molecule has 0 saturated carbocycles. The number of carbonyl (C=O) groups excluding carboxylic acids is 1. The number of nitrogens with one attached hydrogen (secondary N) is 1. The summed E-state index contributed by atoms with van der Waals surface area (Å²) in [5.41, 5.74) is 5.78. The van der Waals surface area contributed by atoms with Crippen LogP contribution in [0.1, 0.15) is 58.1 Å². The van der Waals surface area contributed by atoms with Crippen molar-refractivity contribution in [3.63, 3.8) is 0 Å². The number of hydrogen-bond donors (Lipinski definition) is 1. The van der Waals surface area contributed by atoms with Gasteiger partial charge in [0.15, 0.2) is 6.61 Å². The van der Waals surface area contributed by atoms with Crippen molar-refractivity contribution in [2.24, 2.45) is 5.10 Å². The summed E-state index contributed by atoms with van der Waals surface area (Å²) in [6.45, 7) is 8.52. The summed E-state index contributed by atoms with van der Waals surface area (Å²) in [7, 11) is 0. The largest absolute Gasteiger partial charge is 0.483 e. The van der Waals surface area contributed by atoms with Gasteiger partial charge in [0.1, 0.15) is 5.75 Å². The van der Waals surface area contributed by atoms with Gasteiger partial charge in [0, 0.05) is 0 Å². The molecule has 0 saturated heterocycles. The third-order valence-electron chi connectivity index (χ3n) is 4.35. The minimum atomic E-state index is -0.281. The van der Waals surface area contributed by atoms with E-state index in [0.717, 1.165) is 35.0 Å². The van der Waals surface area contributed by atoms with Gasteiger partial charge >= 0.3 is 0 Å². The average Bonchev–Trinajstić information content (AvgIpc) is 2.67. The SMILES string of the molecule is CCCCC(=NNC(=O)COc1ccc(C(C)(C)C)cc1Br)c1ccccc1. The lowest BCUT2D eigenvalue weighted by Gasteiger charge is -2.20. The van der Waals surface area contributed by atoms with Gasteiger partial charge in [-0.05, 0) is 57.4 Å². The molecular weight excluding hydrogens is 416 g/mol. The van der Waals surface area contributed by atoms with Crippen LogP contribution < -0.4 is 10.2 Å². The lowest BCUT2D eigenvalue weighted by Crippen LogP contribution is -2.26. The Kier molecular flexibility index (Phi) is 8.24. The fourth-order valence-electron chi connectivity index (χ4n) is 2.63. The number of rotatable bonds is 8. The molecule has 0 bridgehead atoms. The number of hydrogen-bond acceptors (Lipinski definition) is 3. The van der Waals surface area contributed by atoms with Gasteiger partial charge < -0.3 is 4.74 Å². The van der Waals surface area contributed by atoms with Crippen LogP contribution in [-0.2, 0) is 10.2 Å². The van der Waals surface area contributed by atoms with E-state index in [1.54, 1.807) is 0 Å². The molecule has 0 aliphatic heterocycles. The van der Waals surface area contributed by atoms with Crippen LogP contribution in [0.2, 0.25) is 0 Å². The molecule has 5 heteroatoms. The van der Waals surface area contributed by atoms with Crippen molar-refractivity contribution in [2.45, 2.75) is 52.4 Å². The standard InChI is InChI=1S/C23H29BrN2O2/c1-5-6-12-20(17-10-8-7-9-11-17)25-26-22(27)16-28-21-14-13-18(15-19(21)24)23(2,3)4/h7-11,13-15H,5-6,12,16H2,1-4H3,(H,26,27). The van der Waals surface area contributed by atoms with Crippen LogP contribution in [0, 0.1) is 0 Å². The summed E-state index contributed by atoms with van der Waals surface area (Å²) in [4.78, 5) is 12.2. The molecule has 0 fully saturated rings. The van der Waals surface area contributed by atoms with Crippen LogP contribution >= 0.6 is 15.9 Å². The second kappa shape index (κ2) is 10.4. The summed E-state index contributed by atoms with van der Waals surface area (Å²) in [5.74, 6) is 0.359. The normalized spacial score (nSPS) is 12.0. The Hall–Kier alpha value is -2.14. The first-order chi connectivity index (χ1) is 13.3. The second-order valence-corrected chi connectivity index (χ2v) is 8.60. The van der Waals surface area contributed by atoms with Crippen LogP contribution in [0.5, 0.6) is 5.75 Å². The summed E-state index contributed by atoms with van der Waals surface area (Å²) >= 11 is 3.53. The Bertz CT molecular complexity index is 811. The second-order valence-electron chi connectivity index (χ2n) is 7.75. The molecular formula is C23H29BrN2O2. The molecule has 2 aromatic carbocycles. The van der Waals surface area contributed by atoms with E-state index in [9.17, 15) is 4.79 Å². The van der Waals surface area contributed by atoms with E-state index in [1.165, 1.54) is 5.56 Å². The number of benzene rings is 2. The van der Waals surface area contributed by atoms with E-state index in [1.807, 2.05) is 48.5 Å². The van der Waals surface area contributed by atoms with Gasteiger partial charge in [-0.15, -0.1) is 0 Å². The van der Waals surface area contributed by atoms with Crippen molar-refractivity contribution in [1.29, 1.82) is 0 Å². The Balaban J connectivity index is 1.98. The number of nitrogens with zero attached hydrogens (tertiary/aromatic N) is 1. The molecule has 0 radical (unpaired) electrons. The molecule has 4 nitrogen and oxygen atoms in total. The highest BCUT2D eigenvalue weighted by Crippen LogP contribution is 2.31. The Labute approximate surface area is 176 Å². The van der Waals surface area contributed by atoms with Crippen molar-refractivity contribution in [3.8, 4) is 5.75 Å². The van der Waals surface area contributed by atoms with E-state index < -0.39 is 0 Å². The monoisotopic (exact) mass is 444 g/mol. The molecule has 28 heavy (non-hydrogen) atoms. The first kappa shape index (κ1) is 22.2. The molecule has 2 rings (SSSR count). The summed E-state index contributed by atoms with van der Waals surface area (Å²) in [5, 5.41) is 4.34. The van der Waals surface area contributed by atoms with E-state index >= 15 is 0 Å². The highest BCUT2D eigenvalue weighted by atomic mass is 79.9. The van der Waals surface area contributed by atoms with Crippen molar-refractivity contribution >= 4 is 27.5 Å². The molecule has 0 spiro atoms. The molecule has 0 unspecified atom stereocenters. The fourth-order valence-corrected chi connectivity index (χ4v) is 3.12. The quantitative estimate of drug-likeness (QED) is 0.410. The van der Waals surface area contributed by atoms with Crippen LogP contribution in [0.15, 0.2) is 58.1 Å². The van der Waals surface area contributed by atoms with Gasteiger partial charge in [-0.1, -0.05) is 70.5 Å². The van der Waals surface area contributed by atoms with Crippen molar-refractivity contribution in [3.05, 3.63) is 64.1 Å². The molecule has 0 aromatic heterocycles. The molecule has 0 atom stereocenters. The van der Waals surface area contributed by atoms with E-state index in [-0.39, 0.29) is 17.9 Å². The zero-order valence-electron chi connectivity index (χ0n) is 17.1. The smallest absolute Gasteiger partial charge is 0.277 e. The zero-order chi connectivity index (χ0) is 20.6. The van der Waals surface area contributed by atoms with Gasteiger partial charge in [0.05, 0.1) is 10.2 Å². The first-order valence-electron chi connectivity index (χ1n) is 9.65. The predicted molar refractivity (Wildman–Crippen MR) is 119 cm³/mol. The molecule has 2 aromatic rings. The number of carbonyl (C=O) groups is 1. The third kappa shape index (κ3) is 6.79. The van der Waals surface area contributed by atoms with Gasteiger partial charge in [-0.2, -0.15) is 5.10 Å². The maximum atomic E-state index is 12.2. The number of ether oxygens (including phenoxy) is 1. The van der Waals surface area contributed by atoms with E-state index in [4.69, 9.17) is 4.74 Å². The average molecular weight is 445 g/mol. The molecule has 1 N–H and O–H groups in total. The maximum absolute atomic E-state index is 12.2. The van der Waals surface area contributed by atoms with Gasteiger partial charge in [-0.3, -0.25) is 4.79 Å². The number of amides is 1. The first-order valence-corrected chi connectivity index (χ1v) is 10.4. The van der Waals surface area contributed by atoms with Crippen molar-refractivity contribution in [2.75, 3.05) is 6.61 Å². The van der Waals surface area contributed by atoms with Crippen LogP contribution in [0.3, 0.4) is 0 Å². The zero-order valence-corrected chi connectivity index (χ0v) is 18.7. The minimum Gasteiger partial charge on any atom is -0.483 e.